The summed E-state index contributed by atoms with van der Waals surface area (Å²) in [6.45, 7) is 0. The number of carboxylic acids is 1. The van der Waals surface area contributed by atoms with Crippen LogP contribution in [0.3, 0.4) is 0 Å². The molecule has 0 aliphatic heterocycles. The Morgan fingerprint density at radius 2 is 2.33 bits per heavy atom. The van der Waals surface area contributed by atoms with Gasteiger partial charge in [-0.15, -0.1) is 0 Å². The SMILES string of the molecule is COC1CC(n2cc(Br)cc2C(=O)O)C1. The van der Waals surface area contributed by atoms with Crippen molar-refractivity contribution in [3.63, 3.8) is 0 Å². The number of carboxylic acid groups (broad SMARTS) is 1. The molecule has 5 heteroatoms. The fraction of sp³-hybridized carbons (Fsp3) is 0.500. The van der Waals surface area contributed by atoms with Crippen LogP contribution in [0.15, 0.2) is 16.7 Å². The standard InChI is InChI=1S/C10H12BrNO3/c1-15-8-3-7(4-8)12-5-6(11)2-9(12)10(13)14/h2,5,7-8H,3-4H2,1H3,(H,13,14). The number of carbonyl (C=O) groups is 1. The van der Waals surface area contributed by atoms with Crippen LogP contribution in [-0.4, -0.2) is 28.9 Å². The van der Waals surface area contributed by atoms with Crippen molar-refractivity contribution in [2.75, 3.05) is 7.11 Å². The van der Waals surface area contributed by atoms with Crippen LogP contribution < -0.4 is 0 Å². The van der Waals surface area contributed by atoms with E-state index in [0.717, 1.165) is 17.3 Å². The van der Waals surface area contributed by atoms with Crippen molar-refractivity contribution in [3.05, 3.63) is 22.4 Å². The average molecular weight is 274 g/mol. The number of aromatic nitrogens is 1. The predicted octanol–water partition coefficient (Wildman–Crippen LogP) is 2.30. The van der Waals surface area contributed by atoms with Crippen LogP contribution in [0.5, 0.6) is 0 Å². The van der Waals surface area contributed by atoms with E-state index in [1.54, 1.807) is 13.2 Å². The van der Waals surface area contributed by atoms with Gasteiger partial charge in [0.15, 0.2) is 0 Å². The Morgan fingerprint density at radius 1 is 1.67 bits per heavy atom. The van der Waals surface area contributed by atoms with Crippen LogP contribution >= 0.6 is 15.9 Å². The lowest BCUT2D eigenvalue weighted by Gasteiger charge is -2.35. The van der Waals surface area contributed by atoms with E-state index in [1.165, 1.54) is 0 Å². The number of methoxy groups -OCH3 is 1. The maximum absolute atomic E-state index is 11.0. The van der Waals surface area contributed by atoms with Gasteiger partial charge >= 0.3 is 5.97 Å². The molecule has 15 heavy (non-hydrogen) atoms. The van der Waals surface area contributed by atoms with Crippen molar-refractivity contribution >= 4 is 21.9 Å². The number of nitrogens with zero attached hydrogens (tertiary/aromatic N) is 1. The lowest BCUT2D eigenvalue weighted by atomic mass is 9.89. The summed E-state index contributed by atoms with van der Waals surface area (Å²) in [6, 6.07) is 1.88. The third-order valence-corrected chi connectivity index (χ3v) is 3.26. The van der Waals surface area contributed by atoms with Gasteiger partial charge in [0.2, 0.25) is 0 Å². The second-order valence-electron chi connectivity index (χ2n) is 3.74. The molecule has 0 amide bonds. The van der Waals surface area contributed by atoms with Crippen LogP contribution in [0, 0.1) is 0 Å². The zero-order chi connectivity index (χ0) is 11.0. The second-order valence-corrected chi connectivity index (χ2v) is 4.65. The molecule has 1 N–H and O–H groups in total. The lowest BCUT2D eigenvalue weighted by Crippen LogP contribution is -2.33. The smallest absolute Gasteiger partial charge is 0.352 e. The summed E-state index contributed by atoms with van der Waals surface area (Å²) < 4.78 is 7.79. The molecule has 0 unspecified atom stereocenters. The van der Waals surface area contributed by atoms with Gasteiger partial charge < -0.3 is 14.4 Å². The molecule has 1 fully saturated rings. The van der Waals surface area contributed by atoms with Gasteiger partial charge in [-0.2, -0.15) is 0 Å². The minimum atomic E-state index is -0.887. The highest BCUT2D eigenvalue weighted by Crippen LogP contribution is 2.36. The van der Waals surface area contributed by atoms with Gasteiger partial charge in [0.25, 0.3) is 0 Å². The number of halogens is 1. The third-order valence-electron chi connectivity index (χ3n) is 2.83. The summed E-state index contributed by atoms with van der Waals surface area (Å²) in [5, 5.41) is 9.00. The molecule has 0 radical (unpaired) electrons. The van der Waals surface area contributed by atoms with Gasteiger partial charge in [-0.3, -0.25) is 0 Å². The van der Waals surface area contributed by atoms with Gasteiger partial charge in [-0.05, 0) is 34.8 Å². The van der Waals surface area contributed by atoms with Crippen molar-refractivity contribution in [2.45, 2.75) is 25.0 Å². The van der Waals surface area contributed by atoms with E-state index in [1.807, 2.05) is 10.8 Å². The molecule has 0 spiro atoms. The van der Waals surface area contributed by atoms with E-state index in [0.29, 0.717) is 5.69 Å². The molecule has 1 aromatic rings. The minimum absolute atomic E-state index is 0.257. The van der Waals surface area contributed by atoms with Crippen LogP contribution in [0.4, 0.5) is 0 Å². The molecule has 0 bridgehead atoms. The topological polar surface area (TPSA) is 51.5 Å². The first-order valence-electron chi connectivity index (χ1n) is 4.75. The highest BCUT2D eigenvalue weighted by Gasteiger charge is 2.32. The number of aromatic carboxylic acids is 1. The maximum atomic E-state index is 11.0. The van der Waals surface area contributed by atoms with E-state index < -0.39 is 5.97 Å². The van der Waals surface area contributed by atoms with E-state index in [-0.39, 0.29) is 12.1 Å². The fourth-order valence-corrected chi connectivity index (χ4v) is 2.31. The van der Waals surface area contributed by atoms with E-state index in [9.17, 15) is 4.79 Å². The van der Waals surface area contributed by atoms with Gasteiger partial charge in [0.1, 0.15) is 5.69 Å². The molecule has 0 aromatic carbocycles. The fourth-order valence-electron chi connectivity index (χ4n) is 1.88. The first-order valence-corrected chi connectivity index (χ1v) is 5.54. The quantitative estimate of drug-likeness (QED) is 0.920. The highest BCUT2D eigenvalue weighted by molar-refractivity contribution is 9.10. The Labute approximate surface area is 96.0 Å². The maximum Gasteiger partial charge on any atom is 0.352 e. The summed E-state index contributed by atoms with van der Waals surface area (Å²) in [7, 11) is 1.69. The first kappa shape index (κ1) is 10.7. The van der Waals surface area contributed by atoms with E-state index in [4.69, 9.17) is 9.84 Å². The predicted molar refractivity (Wildman–Crippen MR) is 58.2 cm³/mol. The Morgan fingerprint density at radius 3 is 2.87 bits per heavy atom. The molecular formula is C10H12BrNO3. The molecular weight excluding hydrogens is 262 g/mol. The molecule has 2 rings (SSSR count). The zero-order valence-electron chi connectivity index (χ0n) is 8.31. The molecule has 82 valence electrons. The number of hydrogen-bond acceptors (Lipinski definition) is 2. The Kier molecular flexibility index (Phi) is 2.84. The van der Waals surface area contributed by atoms with Gasteiger partial charge in [0.05, 0.1) is 6.10 Å². The van der Waals surface area contributed by atoms with E-state index >= 15 is 0 Å². The largest absolute Gasteiger partial charge is 0.477 e. The number of ether oxygens (including phenoxy) is 1. The third kappa shape index (κ3) is 1.94. The molecule has 1 aromatic heterocycles. The van der Waals surface area contributed by atoms with Crippen molar-refractivity contribution in [1.29, 1.82) is 0 Å². The molecule has 0 saturated heterocycles. The number of rotatable bonds is 3. The van der Waals surface area contributed by atoms with Crippen LogP contribution in [-0.2, 0) is 4.74 Å². The average Bonchev–Trinajstić information content (AvgIpc) is 2.45. The molecule has 1 saturated carbocycles. The second kappa shape index (κ2) is 3.98. The summed E-state index contributed by atoms with van der Waals surface area (Å²) in [5.41, 5.74) is 0.335. The van der Waals surface area contributed by atoms with Crippen LogP contribution in [0.2, 0.25) is 0 Å². The zero-order valence-corrected chi connectivity index (χ0v) is 9.90. The molecule has 1 aliphatic carbocycles. The molecule has 1 aliphatic rings. The van der Waals surface area contributed by atoms with E-state index in [2.05, 4.69) is 15.9 Å². The lowest BCUT2D eigenvalue weighted by molar-refractivity contribution is 0.00496. The van der Waals surface area contributed by atoms with Crippen molar-refractivity contribution in [3.8, 4) is 0 Å². The molecule has 1 heterocycles. The Hall–Kier alpha value is -0.810. The van der Waals surface area contributed by atoms with Crippen molar-refractivity contribution < 1.29 is 14.6 Å². The van der Waals surface area contributed by atoms with Crippen molar-refractivity contribution in [2.24, 2.45) is 0 Å². The van der Waals surface area contributed by atoms with Crippen molar-refractivity contribution in [1.82, 2.24) is 4.57 Å². The minimum Gasteiger partial charge on any atom is -0.477 e. The van der Waals surface area contributed by atoms with Gasteiger partial charge in [0, 0.05) is 23.8 Å². The van der Waals surface area contributed by atoms with Crippen LogP contribution in [0.1, 0.15) is 29.4 Å². The van der Waals surface area contributed by atoms with Gasteiger partial charge in [-0.25, -0.2) is 4.79 Å². The summed E-state index contributed by atoms with van der Waals surface area (Å²) in [4.78, 5) is 11.0. The summed E-state index contributed by atoms with van der Waals surface area (Å²) in [6.07, 6.45) is 3.87. The van der Waals surface area contributed by atoms with Crippen LogP contribution in [0.25, 0.3) is 0 Å². The molecule has 0 atom stereocenters. The molecule has 4 nitrogen and oxygen atoms in total. The normalized spacial score (nSPS) is 24.9. The first-order chi connectivity index (χ1) is 7.11. The highest BCUT2D eigenvalue weighted by atomic mass is 79.9. The Bertz CT molecular complexity index is 382. The summed E-state index contributed by atoms with van der Waals surface area (Å²) in [5.74, 6) is -0.887. The Balaban J connectivity index is 2.18. The number of hydrogen-bond donors (Lipinski definition) is 1. The monoisotopic (exact) mass is 273 g/mol. The van der Waals surface area contributed by atoms with Gasteiger partial charge in [-0.1, -0.05) is 0 Å². The summed E-state index contributed by atoms with van der Waals surface area (Å²) >= 11 is 3.29.